The van der Waals surface area contributed by atoms with E-state index in [4.69, 9.17) is 0 Å². The van der Waals surface area contributed by atoms with Crippen LogP contribution in [0.15, 0.2) is 11.8 Å². The molecule has 0 unspecified atom stereocenters. The van der Waals surface area contributed by atoms with Crippen LogP contribution in [0.5, 0.6) is 0 Å². The monoisotopic (exact) mass is 254 g/mol. The molecule has 96 valence electrons. The maximum atomic E-state index is 10.8. The van der Waals surface area contributed by atoms with Gasteiger partial charge in [-0.25, -0.2) is 0 Å². The fourth-order valence-corrected chi connectivity index (χ4v) is 1.63. The third kappa shape index (κ3) is 11.2. The van der Waals surface area contributed by atoms with Crippen LogP contribution in [0.1, 0.15) is 19.3 Å². The summed E-state index contributed by atoms with van der Waals surface area (Å²) in [6.07, 6.45) is 2.59. The van der Waals surface area contributed by atoms with Gasteiger partial charge in [0.15, 0.2) is 0 Å². The zero-order valence-corrected chi connectivity index (χ0v) is 12.1. The van der Waals surface area contributed by atoms with Gasteiger partial charge in [0.05, 0.1) is 15.2 Å². The van der Waals surface area contributed by atoms with Crippen LogP contribution < -0.4 is 0 Å². The summed E-state index contributed by atoms with van der Waals surface area (Å²) in [4.78, 5) is 10.8. The Balaban J connectivity index is 3.87. The molecule has 0 aromatic heterocycles. The Bertz CT molecular complexity index is 318. The summed E-state index contributed by atoms with van der Waals surface area (Å²) in [7, 11) is 0.161. The highest BCUT2D eigenvalue weighted by atomic mass is 28.3. The minimum absolute atomic E-state index is 0.246. The van der Waals surface area contributed by atoms with E-state index >= 15 is 0 Å². The Morgan fingerprint density at radius 1 is 1.47 bits per heavy atom. The number of carbonyl (C=O) groups excluding carboxylic acids is 1. The fourth-order valence-electron chi connectivity index (χ4n) is 1.05. The van der Waals surface area contributed by atoms with Crippen molar-refractivity contribution in [3.63, 3.8) is 0 Å². The summed E-state index contributed by atoms with van der Waals surface area (Å²) in [5.74, 6) is 5.32. The van der Waals surface area contributed by atoms with Gasteiger partial charge >= 0.3 is 5.97 Å². The second kappa shape index (κ2) is 8.10. The van der Waals surface area contributed by atoms with E-state index in [9.17, 15) is 9.90 Å². The van der Waals surface area contributed by atoms with E-state index in [1.54, 1.807) is 0 Å². The molecule has 0 rings (SSSR count). The van der Waals surface area contributed by atoms with Gasteiger partial charge in [0, 0.05) is 6.42 Å². The molecule has 0 saturated carbocycles. The van der Waals surface area contributed by atoms with Gasteiger partial charge in [-0.2, -0.15) is 0 Å². The van der Waals surface area contributed by atoms with E-state index in [1.807, 2.05) is 6.08 Å². The molecule has 0 spiro atoms. The van der Waals surface area contributed by atoms with Gasteiger partial charge in [-0.3, -0.25) is 4.79 Å². The molecule has 1 N–H and O–H groups in total. The second-order valence-electron chi connectivity index (χ2n) is 4.97. The highest BCUT2D eigenvalue weighted by molar-refractivity contribution is 6.81. The number of hydrogen-bond acceptors (Lipinski definition) is 3. The van der Waals surface area contributed by atoms with Crippen LogP contribution in [-0.2, 0) is 9.53 Å². The first-order valence-electron chi connectivity index (χ1n) is 5.79. The Morgan fingerprint density at radius 2 is 2.12 bits per heavy atom. The van der Waals surface area contributed by atoms with Gasteiger partial charge in [0.25, 0.3) is 0 Å². The van der Waals surface area contributed by atoms with Crippen molar-refractivity contribution >= 4 is 14.0 Å². The molecule has 4 heteroatoms. The first-order chi connectivity index (χ1) is 7.85. The predicted octanol–water partition coefficient (Wildman–Crippen LogP) is 2.13. The predicted molar refractivity (Wildman–Crippen MR) is 72.1 cm³/mol. The number of aliphatic hydroxyl groups excluding tert-OH is 1. The SMILES string of the molecule is COC(=O)CCC[C@H](O)C#C/C=C/[Si](C)(C)C. The number of aliphatic hydroxyl groups is 1. The van der Waals surface area contributed by atoms with Crippen molar-refractivity contribution in [2.75, 3.05) is 7.11 Å². The van der Waals surface area contributed by atoms with Crippen LogP contribution >= 0.6 is 0 Å². The number of allylic oxidation sites excluding steroid dienone is 1. The number of hydrogen-bond donors (Lipinski definition) is 1. The van der Waals surface area contributed by atoms with Crippen molar-refractivity contribution < 1.29 is 14.6 Å². The van der Waals surface area contributed by atoms with Crippen molar-refractivity contribution in [3.8, 4) is 11.8 Å². The van der Waals surface area contributed by atoms with Gasteiger partial charge in [-0.1, -0.05) is 37.2 Å². The summed E-state index contributed by atoms with van der Waals surface area (Å²) < 4.78 is 4.50. The number of carbonyl (C=O) groups is 1. The molecular weight excluding hydrogens is 232 g/mol. The number of ether oxygens (including phenoxy) is 1. The Kier molecular flexibility index (Phi) is 7.60. The Labute approximate surface area is 105 Å². The zero-order valence-electron chi connectivity index (χ0n) is 11.1. The van der Waals surface area contributed by atoms with Crippen molar-refractivity contribution in [2.24, 2.45) is 0 Å². The minimum Gasteiger partial charge on any atom is -0.469 e. The van der Waals surface area contributed by atoms with Gasteiger partial charge in [-0.05, 0) is 18.9 Å². The van der Waals surface area contributed by atoms with Crippen molar-refractivity contribution in [1.29, 1.82) is 0 Å². The van der Waals surface area contributed by atoms with Crippen LogP contribution in [0.25, 0.3) is 0 Å². The molecule has 1 atom stereocenters. The fraction of sp³-hybridized carbons (Fsp3) is 0.615. The summed E-state index contributed by atoms with van der Waals surface area (Å²) in [5.41, 5.74) is 2.13. The molecule has 0 amide bonds. The average molecular weight is 254 g/mol. The number of methoxy groups -OCH3 is 1. The third-order valence-electron chi connectivity index (χ3n) is 2.00. The largest absolute Gasteiger partial charge is 0.469 e. The molecule has 0 aliphatic rings. The lowest BCUT2D eigenvalue weighted by Gasteiger charge is -2.06. The van der Waals surface area contributed by atoms with E-state index in [0.717, 1.165) is 0 Å². The maximum Gasteiger partial charge on any atom is 0.305 e. The third-order valence-corrected chi connectivity index (χ3v) is 3.17. The van der Waals surface area contributed by atoms with Crippen LogP contribution in [0.3, 0.4) is 0 Å². The van der Waals surface area contributed by atoms with Gasteiger partial charge in [0.1, 0.15) is 6.10 Å². The molecule has 0 saturated heterocycles. The first kappa shape index (κ1) is 15.9. The van der Waals surface area contributed by atoms with E-state index in [-0.39, 0.29) is 5.97 Å². The lowest BCUT2D eigenvalue weighted by molar-refractivity contribution is -0.140. The zero-order chi connectivity index (χ0) is 13.3. The average Bonchev–Trinajstić information content (AvgIpc) is 2.23. The minimum atomic E-state index is -1.20. The molecule has 17 heavy (non-hydrogen) atoms. The van der Waals surface area contributed by atoms with Crippen LogP contribution in [0, 0.1) is 11.8 Å². The van der Waals surface area contributed by atoms with Gasteiger partial charge in [-0.15, -0.1) is 0 Å². The molecule has 0 heterocycles. The summed E-state index contributed by atoms with van der Waals surface area (Å²) in [5, 5.41) is 9.52. The summed E-state index contributed by atoms with van der Waals surface area (Å²) in [6, 6.07) is 0. The van der Waals surface area contributed by atoms with E-state index in [1.165, 1.54) is 7.11 Å². The van der Waals surface area contributed by atoms with Crippen LogP contribution in [0.2, 0.25) is 19.6 Å². The molecule has 0 aliphatic carbocycles. The molecule has 0 aliphatic heterocycles. The number of esters is 1. The summed E-state index contributed by atoms with van der Waals surface area (Å²) in [6.45, 7) is 6.66. The quantitative estimate of drug-likeness (QED) is 0.464. The van der Waals surface area contributed by atoms with E-state index in [2.05, 4.69) is 41.9 Å². The van der Waals surface area contributed by atoms with Crippen molar-refractivity contribution in [2.45, 2.75) is 45.0 Å². The Morgan fingerprint density at radius 3 is 2.65 bits per heavy atom. The Hall–Kier alpha value is -1.05. The molecule has 3 nitrogen and oxygen atoms in total. The van der Waals surface area contributed by atoms with E-state index < -0.39 is 14.2 Å². The van der Waals surface area contributed by atoms with Crippen LogP contribution in [-0.4, -0.2) is 32.4 Å². The maximum absolute atomic E-state index is 10.8. The van der Waals surface area contributed by atoms with Gasteiger partial charge in [0.2, 0.25) is 0 Å². The molecule has 0 aromatic rings. The van der Waals surface area contributed by atoms with Crippen molar-refractivity contribution in [3.05, 3.63) is 11.8 Å². The lowest BCUT2D eigenvalue weighted by atomic mass is 10.1. The van der Waals surface area contributed by atoms with Crippen molar-refractivity contribution in [1.82, 2.24) is 0 Å². The highest BCUT2D eigenvalue weighted by Crippen LogP contribution is 2.02. The number of rotatable bonds is 5. The highest BCUT2D eigenvalue weighted by Gasteiger charge is 2.06. The molecule has 0 radical (unpaired) electrons. The van der Waals surface area contributed by atoms with Crippen LogP contribution in [0.4, 0.5) is 0 Å². The normalized spacial score (nSPS) is 13.0. The second-order valence-corrected chi connectivity index (χ2v) is 10.0. The molecular formula is C13H22O3Si. The lowest BCUT2D eigenvalue weighted by Crippen LogP contribution is -2.15. The first-order valence-corrected chi connectivity index (χ1v) is 9.36. The smallest absolute Gasteiger partial charge is 0.305 e. The van der Waals surface area contributed by atoms with Gasteiger partial charge < -0.3 is 9.84 Å². The molecule has 0 aromatic carbocycles. The topological polar surface area (TPSA) is 46.5 Å². The standard InChI is InChI=1S/C13H22O3Si/c1-16-13(15)10-7-9-12(14)8-5-6-11-17(2,3)4/h6,11-12,14H,7,9-10H2,1-4H3/b11-6+/t12-/m1/s1. The molecule has 0 bridgehead atoms. The molecule has 0 fully saturated rings. The summed E-state index contributed by atoms with van der Waals surface area (Å²) >= 11 is 0. The van der Waals surface area contributed by atoms with E-state index in [0.29, 0.717) is 19.3 Å².